The molecular formula is C16H24N4S. The van der Waals surface area contributed by atoms with Gasteiger partial charge in [-0.15, -0.1) is 11.3 Å². The van der Waals surface area contributed by atoms with Crippen molar-refractivity contribution in [2.75, 3.05) is 23.3 Å². The first-order valence-electron chi connectivity index (χ1n) is 7.94. The van der Waals surface area contributed by atoms with Crippen LogP contribution in [0.2, 0.25) is 0 Å². The number of anilines is 2. The summed E-state index contributed by atoms with van der Waals surface area (Å²) in [6.07, 6.45) is 3.81. The van der Waals surface area contributed by atoms with E-state index < -0.39 is 0 Å². The summed E-state index contributed by atoms with van der Waals surface area (Å²) in [5.74, 6) is 2.72. The molecule has 1 aliphatic rings. The Hall–Kier alpha value is -1.36. The van der Waals surface area contributed by atoms with Gasteiger partial charge in [-0.3, -0.25) is 0 Å². The monoisotopic (exact) mass is 304 g/mol. The molecule has 114 valence electrons. The summed E-state index contributed by atoms with van der Waals surface area (Å²) in [4.78, 5) is 13.0. The van der Waals surface area contributed by atoms with Gasteiger partial charge in [-0.1, -0.05) is 6.92 Å². The van der Waals surface area contributed by atoms with Gasteiger partial charge in [0.25, 0.3) is 0 Å². The van der Waals surface area contributed by atoms with Crippen molar-refractivity contribution in [3.8, 4) is 0 Å². The molecule has 1 aliphatic carbocycles. The summed E-state index contributed by atoms with van der Waals surface area (Å²) >= 11 is 1.69. The predicted octanol–water partition coefficient (Wildman–Crippen LogP) is 4.14. The fourth-order valence-corrected chi connectivity index (χ4v) is 3.25. The molecule has 1 N–H and O–H groups in total. The molecule has 5 heteroatoms. The highest BCUT2D eigenvalue weighted by atomic mass is 32.1. The molecule has 21 heavy (non-hydrogen) atoms. The van der Waals surface area contributed by atoms with E-state index in [0.29, 0.717) is 6.04 Å². The minimum atomic E-state index is 0.461. The zero-order valence-electron chi connectivity index (χ0n) is 13.1. The molecule has 0 atom stereocenters. The number of hydrogen-bond donors (Lipinski definition) is 1. The highest BCUT2D eigenvalue weighted by Gasteiger charge is 2.27. The van der Waals surface area contributed by atoms with Gasteiger partial charge in [0.05, 0.1) is 5.39 Å². The van der Waals surface area contributed by atoms with Crippen molar-refractivity contribution >= 4 is 33.3 Å². The van der Waals surface area contributed by atoms with Gasteiger partial charge in [0, 0.05) is 19.1 Å². The number of hydrogen-bond acceptors (Lipinski definition) is 5. The van der Waals surface area contributed by atoms with Gasteiger partial charge < -0.3 is 10.2 Å². The van der Waals surface area contributed by atoms with Crippen LogP contribution in [0.1, 0.15) is 40.0 Å². The highest BCUT2D eigenvalue weighted by molar-refractivity contribution is 7.16. The summed E-state index contributed by atoms with van der Waals surface area (Å²) < 4.78 is 0. The Kier molecular flexibility index (Phi) is 4.29. The zero-order chi connectivity index (χ0) is 14.8. The van der Waals surface area contributed by atoms with Crippen LogP contribution in [0.4, 0.5) is 11.8 Å². The quantitative estimate of drug-likeness (QED) is 0.834. The Bertz CT molecular complexity index is 603. The average molecular weight is 304 g/mol. The molecule has 2 aromatic rings. The normalized spacial score (nSPS) is 14.9. The molecule has 0 spiro atoms. The predicted molar refractivity (Wildman–Crippen MR) is 91.4 cm³/mol. The van der Waals surface area contributed by atoms with Crippen molar-refractivity contribution in [1.82, 2.24) is 9.97 Å². The maximum absolute atomic E-state index is 4.82. The van der Waals surface area contributed by atoms with Crippen LogP contribution < -0.4 is 10.2 Å². The van der Waals surface area contributed by atoms with Crippen molar-refractivity contribution in [3.63, 3.8) is 0 Å². The molecule has 3 rings (SSSR count). The van der Waals surface area contributed by atoms with E-state index in [1.807, 2.05) is 0 Å². The maximum Gasteiger partial charge on any atom is 0.226 e. The van der Waals surface area contributed by atoms with Crippen molar-refractivity contribution in [2.45, 2.75) is 46.1 Å². The van der Waals surface area contributed by atoms with Crippen LogP contribution >= 0.6 is 11.3 Å². The van der Waals surface area contributed by atoms with E-state index in [9.17, 15) is 0 Å². The van der Waals surface area contributed by atoms with Crippen LogP contribution in [0.3, 0.4) is 0 Å². The number of rotatable bonds is 7. The molecule has 2 heterocycles. The van der Waals surface area contributed by atoms with Gasteiger partial charge in [-0.2, -0.15) is 4.98 Å². The Labute approximate surface area is 130 Å². The summed E-state index contributed by atoms with van der Waals surface area (Å²) in [6.45, 7) is 8.70. The van der Waals surface area contributed by atoms with E-state index >= 15 is 0 Å². The Morgan fingerprint density at radius 2 is 2.19 bits per heavy atom. The molecule has 0 unspecified atom stereocenters. The van der Waals surface area contributed by atoms with Crippen molar-refractivity contribution in [3.05, 3.63) is 11.4 Å². The minimum absolute atomic E-state index is 0.461. The zero-order valence-corrected chi connectivity index (χ0v) is 13.9. The largest absolute Gasteiger partial charge is 0.354 e. The fourth-order valence-electron chi connectivity index (χ4n) is 2.50. The van der Waals surface area contributed by atoms with E-state index in [1.165, 1.54) is 18.2 Å². The summed E-state index contributed by atoms with van der Waals surface area (Å²) in [7, 11) is 0. The van der Waals surface area contributed by atoms with Crippen LogP contribution in [-0.2, 0) is 0 Å². The van der Waals surface area contributed by atoms with E-state index in [0.717, 1.165) is 42.0 Å². The standard InChI is InChI=1S/C16H24N4S/c1-4-8-17-16-18-14(13-7-9-21-15(13)19-16)20(11(2)3)10-12-5-6-12/h7,9,11-12H,4-6,8,10H2,1-3H3,(H,17,18,19). The first-order valence-corrected chi connectivity index (χ1v) is 8.82. The third-order valence-electron chi connectivity index (χ3n) is 3.89. The topological polar surface area (TPSA) is 41.1 Å². The second kappa shape index (κ2) is 6.18. The molecule has 0 bridgehead atoms. The molecule has 0 radical (unpaired) electrons. The maximum atomic E-state index is 4.82. The molecule has 0 aromatic carbocycles. The summed E-state index contributed by atoms with van der Waals surface area (Å²) in [5.41, 5.74) is 0. The number of nitrogens with one attached hydrogen (secondary N) is 1. The summed E-state index contributed by atoms with van der Waals surface area (Å²) in [6, 6.07) is 2.61. The molecule has 2 aromatic heterocycles. The van der Waals surface area contributed by atoms with Gasteiger partial charge in [-0.25, -0.2) is 4.98 Å². The first kappa shape index (κ1) is 14.6. The van der Waals surface area contributed by atoms with Gasteiger partial charge in [0.1, 0.15) is 10.6 Å². The van der Waals surface area contributed by atoms with E-state index in [4.69, 9.17) is 4.98 Å². The second-order valence-electron chi connectivity index (χ2n) is 6.13. The third-order valence-corrected chi connectivity index (χ3v) is 4.69. The first-order chi connectivity index (χ1) is 10.2. The molecule has 1 saturated carbocycles. The van der Waals surface area contributed by atoms with Crippen LogP contribution in [-0.4, -0.2) is 29.1 Å². The lowest BCUT2D eigenvalue weighted by atomic mass is 10.2. The van der Waals surface area contributed by atoms with E-state index in [1.54, 1.807) is 11.3 Å². The lowest BCUT2D eigenvalue weighted by Crippen LogP contribution is -2.33. The van der Waals surface area contributed by atoms with E-state index in [-0.39, 0.29) is 0 Å². The molecule has 4 nitrogen and oxygen atoms in total. The Balaban J connectivity index is 1.98. The van der Waals surface area contributed by atoms with E-state index in [2.05, 4.69) is 47.4 Å². The summed E-state index contributed by atoms with van der Waals surface area (Å²) in [5, 5.41) is 6.64. The van der Waals surface area contributed by atoms with Crippen molar-refractivity contribution in [2.24, 2.45) is 5.92 Å². The minimum Gasteiger partial charge on any atom is -0.354 e. The molecular weight excluding hydrogens is 280 g/mol. The number of nitrogens with zero attached hydrogens (tertiary/aromatic N) is 3. The molecule has 0 saturated heterocycles. The van der Waals surface area contributed by atoms with Crippen LogP contribution in [0.15, 0.2) is 11.4 Å². The smallest absolute Gasteiger partial charge is 0.226 e. The van der Waals surface area contributed by atoms with Crippen LogP contribution in [0, 0.1) is 5.92 Å². The molecule has 1 fully saturated rings. The Morgan fingerprint density at radius 1 is 1.38 bits per heavy atom. The third kappa shape index (κ3) is 3.28. The van der Waals surface area contributed by atoms with Gasteiger partial charge in [0.2, 0.25) is 5.95 Å². The number of fused-ring (bicyclic) bond motifs is 1. The lowest BCUT2D eigenvalue weighted by molar-refractivity contribution is 0.639. The van der Waals surface area contributed by atoms with Crippen molar-refractivity contribution in [1.29, 1.82) is 0 Å². The highest BCUT2D eigenvalue weighted by Crippen LogP contribution is 2.35. The number of aromatic nitrogens is 2. The van der Waals surface area contributed by atoms with Crippen LogP contribution in [0.25, 0.3) is 10.2 Å². The average Bonchev–Trinajstić information content (AvgIpc) is 3.16. The molecule has 0 aliphatic heterocycles. The Morgan fingerprint density at radius 3 is 2.86 bits per heavy atom. The van der Waals surface area contributed by atoms with Gasteiger partial charge in [0.15, 0.2) is 0 Å². The SMILES string of the molecule is CCCNc1nc(N(CC2CC2)C(C)C)c2ccsc2n1. The van der Waals surface area contributed by atoms with Gasteiger partial charge in [-0.05, 0) is 50.5 Å². The molecule has 0 amide bonds. The van der Waals surface area contributed by atoms with Crippen LogP contribution in [0.5, 0.6) is 0 Å². The van der Waals surface area contributed by atoms with Crippen molar-refractivity contribution < 1.29 is 0 Å². The second-order valence-corrected chi connectivity index (χ2v) is 7.02. The number of thiophene rings is 1. The lowest BCUT2D eigenvalue weighted by Gasteiger charge is -2.28. The fraction of sp³-hybridized carbons (Fsp3) is 0.625. The van der Waals surface area contributed by atoms with Gasteiger partial charge >= 0.3 is 0 Å².